The molecule has 0 bridgehead atoms. The zero-order valence-corrected chi connectivity index (χ0v) is 18.0. The zero-order chi connectivity index (χ0) is 19.5. The number of carbonyl (C=O) groups is 1. The Morgan fingerprint density at radius 3 is 1.62 bits per heavy atom. The molecule has 0 fully saturated rings. The van der Waals surface area contributed by atoms with Crippen LogP contribution in [-0.4, -0.2) is 11.1 Å². The molecule has 0 saturated carbocycles. The molecule has 0 saturated heterocycles. The smallest absolute Gasteiger partial charge is 0.330 e. The van der Waals surface area contributed by atoms with Gasteiger partial charge in [-0.2, -0.15) is 0 Å². The Hall–Kier alpha value is -0.790. The number of hydrogen-bond donors (Lipinski definition) is 1. The van der Waals surface area contributed by atoms with Crippen molar-refractivity contribution in [1.82, 2.24) is 0 Å². The Morgan fingerprint density at radius 2 is 1.15 bits per heavy atom. The minimum absolute atomic E-state index is 0.501. The van der Waals surface area contributed by atoms with Crippen LogP contribution in [0.15, 0.2) is 11.6 Å². The standard InChI is InChI=1S/C24H46O2/c1-4-6-8-9-10-11-12-13-14-15-16-17-19-23(18-7-5-2)21-20-22(3)24(25)26/h20,23H,4-19,21H2,1-3H3,(H,25,26). The third-order valence-corrected chi connectivity index (χ3v) is 5.53. The highest BCUT2D eigenvalue weighted by Crippen LogP contribution is 2.22. The van der Waals surface area contributed by atoms with Crippen molar-refractivity contribution in [1.29, 1.82) is 0 Å². The molecule has 0 aliphatic heterocycles. The average Bonchev–Trinajstić information content (AvgIpc) is 2.63. The van der Waals surface area contributed by atoms with Gasteiger partial charge in [-0.15, -0.1) is 0 Å². The van der Waals surface area contributed by atoms with Crippen LogP contribution in [0.25, 0.3) is 0 Å². The predicted octanol–water partition coefficient (Wildman–Crippen LogP) is 8.31. The van der Waals surface area contributed by atoms with Crippen molar-refractivity contribution in [3.8, 4) is 0 Å². The maximum atomic E-state index is 10.9. The first kappa shape index (κ1) is 25.2. The summed E-state index contributed by atoms with van der Waals surface area (Å²) in [7, 11) is 0. The molecule has 154 valence electrons. The fourth-order valence-electron chi connectivity index (χ4n) is 3.58. The van der Waals surface area contributed by atoms with Crippen molar-refractivity contribution < 1.29 is 9.90 Å². The Balaban J connectivity index is 3.66. The summed E-state index contributed by atoms with van der Waals surface area (Å²) in [6.07, 6.45) is 24.6. The van der Waals surface area contributed by atoms with E-state index >= 15 is 0 Å². The van der Waals surface area contributed by atoms with Crippen molar-refractivity contribution >= 4 is 5.97 Å². The second-order valence-electron chi connectivity index (χ2n) is 8.11. The number of allylic oxidation sites excluding steroid dienone is 1. The Bertz CT molecular complexity index is 346. The molecule has 0 rings (SSSR count). The first-order valence-electron chi connectivity index (χ1n) is 11.5. The molecule has 0 aromatic carbocycles. The quantitative estimate of drug-likeness (QED) is 0.184. The number of carboxylic acids is 1. The summed E-state index contributed by atoms with van der Waals surface area (Å²) in [5.41, 5.74) is 0.501. The molecular weight excluding hydrogens is 320 g/mol. The normalized spacial score (nSPS) is 13.1. The van der Waals surface area contributed by atoms with E-state index in [4.69, 9.17) is 5.11 Å². The molecule has 0 radical (unpaired) electrons. The molecule has 2 nitrogen and oxygen atoms in total. The van der Waals surface area contributed by atoms with Gasteiger partial charge in [-0.25, -0.2) is 4.79 Å². The molecule has 2 heteroatoms. The number of unbranched alkanes of at least 4 members (excludes halogenated alkanes) is 12. The second kappa shape index (κ2) is 19.0. The minimum Gasteiger partial charge on any atom is -0.478 e. The van der Waals surface area contributed by atoms with E-state index in [9.17, 15) is 4.79 Å². The molecule has 26 heavy (non-hydrogen) atoms. The van der Waals surface area contributed by atoms with E-state index in [0.29, 0.717) is 11.5 Å². The van der Waals surface area contributed by atoms with Gasteiger partial charge in [-0.05, 0) is 19.3 Å². The maximum absolute atomic E-state index is 10.9. The van der Waals surface area contributed by atoms with Crippen molar-refractivity contribution in [3.63, 3.8) is 0 Å². The highest BCUT2D eigenvalue weighted by atomic mass is 16.4. The molecule has 0 aromatic rings. The van der Waals surface area contributed by atoms with Crippen LogP contribution in [-0.2, 0) is 4.79 Å². The fourth-order valence-corrected chi connectivity index (χ4v) is 3.58. The molecule has 0 spiro atoms. The van der Waals surface area contributed by atoms with Gasteiger partial charge in [0.15, 0.2) is 0 Å². The highest BCUT2D eigenvalue weighted by molar-refractivity contribution is 5.85. The van der Waals surface area contributed by atoms with E-state index < -0.39 is 5.97 Å². The van der Waals surface area contributed by atoms with Crippen LogP contribution < -0.4 is 0 Å². The predicted molar refractivity (Wildman–Crippen MR) is 115 cm³/mol. The van der Waals surface area contributed by atoms with Crippen molar-refractivity contribution in [2.45, 2.75) is 130 Å². The lowest BCUT2D eigenvalue weighted by molar-refractivity contribution is -0.132. The highest BCUT2D eigenvalue weighted by Gasteiger charge is 2.08. The molecule has 1 N–H and O–H groups in total. The monoisotopic (exact) mass is 366 g/mol. The largest absolute Gasteiger partial charge is 0.478 e. The first-order valence-corrected chi connectivity index (χ1v) is 11.5. The van der Waals surface area contributed by atoms with Gasteiger partial charge in [0.1, 0.15) is 0 Å². The van der Waals surface area contributed by atoms with E-state index in [2.05, 4.69) is 13.8 Å². The Morgan fingerprint density at radius 1 is 0.731 bits per heavy atom. The van der Waals surface area contributed by atoms with Gasteiger partial charge in [-0.1, -0.05) is 123 Å². The lowest BCUT2D eigenvalue weighted by Crippen LogP contribution is -2.02. The van der Waals surface area contributed by atoms with Crippen LogP contribution in [0.1, 0.15) is 130 Å². The van der Waals surface area contributed by atoms with Gasteiger partial charge in [0, 0.05) is 5.57 Å². The summed E-state index contributed by atoms with van der Waals surface area (Å²) < 4.78 is 0. The van der Waals surface area contributed by atoms with Gasteiger partial charge in [0.25, 0.3) is 0 Å². The van der Waals surface area contributed by atoms with Crippen molar-refractivity contribution in [2.24, 2.45) is 5.92 Å². The number of aliphatic carboxylic acids is 1. The molecular formula is C24H46O2. The number of hydrogen-bond acceptors (Lipinski definition) is 1. The van der Waals surface area contributed by atoms with Gasteiger partial charge < -0.3 is 5.11 Å². The first-order chi connectivity index (χ1) is 12.6. The zero-order valence-electron chi connectivity index (χ0n) is 18.0. The molecule has 1 atom stereocenters. The van der Waals surface area contributed by atoms with E-state index in [1.165, 1.54) is 103 Å². The van der Waals surface area contributed by atoms with Crippen LogP contribution in [0.5, 0.6) is 0 Å². The van der Waals surface area contributed by atoms with E-state index in [1.807, 2.05) is 6.08 Å². The van der Waals surface area contributed by atoms with Gasteiger partial charge in [-0.3, -0.25) is 0 Å². The summed E-state index contributed by atoms with van der Waals surface area (Å²) in [5, 5.41) is 8.99. The van der Waals surface area contributed by atoms with Crippen LogP contribution in [0.4, 0.5) is 0 Å². The average molecular weight is 367 g/mol. The molecule has 0 aliphatic carbocycles. The summed E-state index contributed by atoms with van der Waals surface area (Å²) in [6.45, 7) is 6.22. The number of carboxylic acid groups (broad SMARTS) is 1. The van der Waals surface area contributed by atoms with Crippen LogP contribution in [0, 0.1) is 5.92 Å². The third-order valence-electron chi connectivity index (χ3n) is 5.53. The minimum atomic E-state index is -0.774. The summed E-state index contributed by atoms with van der Waals surface area (Å²) in [6, 6.07) is 0. The van der Waals surface area contributed by atoms with E-state index in [-0.39, 0.29) is 0 Å². The van der Waals surface area contributed by atoms with Crippen molar-refractivity contribution in [2.75, 3.05) is 0 Å². The van der Waals surface area contributed by atoms with Gasteiger partial charge in [0.05, 0.1) is 0 Å². The van der Waals surface area contributed by atoms with Gasteiger partial charge in [0.2, 0.25) is 0 Å². The topological polar surface area (TPSA) is 37.3 Å². The molecule has 0 aliphatic rings. The Labute approximate surface area is 163 Å². The van der Waals surface area contributed by atoms with Crippen molar-refractivity contribution in [3.05, 3.63) is 11.6 Å². The fraction of sp³-hybridized carbons (Fsp3) is 0.875. The van der Waals surface area contributed by atoms with E-state index in [0.717, 1.165) is 6.42 Å². The lowest BCUT2D eigenvalue weighted by atomic mass is 9.91. The summed E-state index contributed by atoms with van der Waals surface area (Å²) in [5.74, 6) is -0.100. The third kappa shape index (κ3) is 16.7. The summed E-state index contributed by atoms with van der Waals surface area (Å²) in [4.78, 5) is 10.9. The maximum Gasteiger partial charge on any atom is 0.330 e. The van der Waals surface area contributed by atoms with E-state index in [1.54, 1.807) is 6.92 Å². The SMILES string of the molecule is CCCCCCCCCCCCCCC(CC=C(C)C(=O)O)CCCC. The second-order valence-corrected chi connectivity index (χ2v) is 8.11. The van der Waals surface area contributed by atoms with Crippen LogP contribution in [0.2, 0.25) is 0 Å². The Kier molecular flexibility index (Phi) is 18.4. The lowest BCUT2D eigenvalue weighted by Gasteiger charge is -2.15. The van der Waals surface area contributed by atoms with Crippen LogP contribution >= 0.6 is 0 Å². The molecule has 0 amide bonds. The summed E-state index contributed by atoms with van der Waals surface area (Å²) >= 11 is 0. The molecule has 0 aromatic heterocycles. The molecule has 1 unspecified atom stereocenters. The van der Waals surface area contributed by atoms with Gasteiger partial charge >= 0.3 is 5.97 Å². The van der Waals surface area contributed by atoms with Crippen LogP contribution in [0.3, 0.4) is 0 Å². The number of rotatable bonds is 19. The molecule has 0 heterocycles.